The molecule has 3 rings (SSSR count). The standard InChI is InChI=1S/C16H24ClN3.ClH/c17-15-3-1-2-4-16(15)20-11-9-19(10-12-20)8-6-14-5-7-18-13-14;/h1-4,14,18H,5-13H2;1H. The van der Waals surface area contributed by atoms with Crippen LogP contribution in [-0.2, 0) is 0 Å². The molecule has 5 heteroatoms. The summed E-state index contributed by atoms with van der Waals surface area (Å²) in [6.45, 7) is 8.18. The molecule has 2 aliphatic rings. The molecule has 2 fully saturated rings. The van der Waals surface area contributed by atoms with Crippen LogP contribution in [0, 0.1) is 5.92 Å². The van der Waals surface area contributed by atoms with Gasteiger partial charge in [0.15, 0.2) is 0 Å². The van der Waals surface area contributed by atoms with Gasteiger partial charge in [0, 0.05) is 26.2 Å². The van der Waals surface area contributed by atoms with Gasteiger partial charge in [0.2, 0.25) is 0 Å². The van der Waals surface area contributed by atoms with Gasteiger partial charge in [-0.05, 0) is 50.5 Å². The first-order valence-electron chi connectivity index (χ1n) is 7.75. The molecule has 2 aliphatic heterocycles. The predicted molar refractivity (Wildman–Crippen MR) is 92.9 cm³/mol. The van der Waals surface area contributed by atoms with Crippen molar-refractivity contribution in [3.05, 3.63) is 29.3 Å². The summed E-state index contributed by atoms with van der Waals surface area (Å²) in [5.74, 6) is 0.900. The molecule has 0 radical (unpaired) electrons. The smallest absolute Gasteiger partial charge is 0.0639 e. The van der Waals surface area contributed by atoms with Crippen molar-refractivity contribution >= 4 is 29.7 Å². The SMILES string of the molecule is Cl.Clc1ccccc1N1CCN(CCC2CCNC2)CC1. The van der Waals surface area contributed by atoms with E-state index in [0.29, 0.717) is 0 Å². The second-order valence-electron chi connectivity index (χ2n) is 5.93. The Bertz CT molecular complexity index is 427. The van der Waals surface area contributed by atoms with Gasteiger partial charge in [0.05, 0.1) is 10.7 Å². The van der Waals surface area contributed by atoms with Crippen LogP contribution in [0.4, 0.5) is 5.69 Å². The molecule has 1 aromatic rings. The molecule has 2 heterocycles. The molecular weight excluding hydrogens is 305 g/mol. The third-order valence-electron chi connectivity index (χ3n) is 4.58. The highest BCUT2D eigenvalue weighted by Crippen LogP contribution is 2.26. The van der Waals surface area contributed by atoms with E-state index in [1.807, 2.05) is 12.1 Å². The maximum Gasteiger partial charge on any atom is 0.0639 e. The molecule has 3 nitrogen and oxygen atoms in total. The van der Waals surface area contributed by atoms with Crippen LogP contribution in [-0.4, -0.2) is 50.7 Å². The van der Waals surface area contributed by atoms with Gasteiger partial charge in [-0.15, -0.1) is 12.4 Å². The largest absolute Gasteiger partial charge is 0.368 e. The molecule has 0 bridgehead atoms. The zero-order valence-electron chi connectivity index (χ0n) is 12.4. The van der Waals surface area contributed by atoms with Gasteiger partial charge in [0.1, 0.15) is 0 Å². The Morgan fingerprint density at radius 1 is 1.14 bits per heavy atom. The van der Waals surface area contributed by atoms with Crippen LogP contribution in [0.25, 0.3) is 0 Å². The molecule has 0 amide bonds. The highest BCUT2D eigenvalue weighted by Gasteiger charge is 2.20. The number of halogens is 2. The first-order chi connectivity index (χ1) is 9.83. The fraction of sp³-hybridized carbons (Fsp3) is 0.625. The number of piperazine rings is 1. The fourth-order valence-corrected chi connectivity index (χ4v) is 3.50. The molecule has 0 aliphatic carbocycles. The minimum atomic E-state index is 0. The van der Waals surface area contributed by atoms with Crippen LogP contribution in [0.5, 0.6) is 0 Å². The maximum absolute atomic E-state index is 6.28. The van der Waals surface area contributed by atoms with E-state index in [9.17, 15) is 0 Å². The molecule has 0 spiro atoms. The van der Waals surface area contributed by atoms with Gasteiger partial charge in [-0.25, -0.2) is 0 Å². The van der Waals surface area contributed by atoms with Crippen molar-refractivity contribution in [2.75, 3.05) is 50.7 Å². The first kappa shape index (κ1) is 16.9. The fourth-order valence-electron chi connectivity index (χ4n) is 3.25. The average Bonchev–Trinajstić information content (AvgIpc) is 3.00. The Morgan fingerprint density at radius 3 is 2.57 bits per heavy atom. The molecule has 1 unspecified atom stereocenters. The molecule has 0 saturated carbocycles. The average molecular weight is 330 g/mol. The number of hydrogen-bond acceptors (Lipinski definition) is 3. The number of para-hydroxylation sites is 1. The summed E-state index contributed by atoms with van der Waals surface area (Å²) < 4.78 is 0. The summed E-state index contributed by atoms with van der Waals surface area (Å²) in [6, 6.07) is 8.18. The van der Waals surface area contributed by atoms with E-state index in [-0.39, 0.29) is 12.4 Å². The molecule has 21 heavy (non-hydrogen) atoms. The minimum absolute atomic E-state index is 0. The number of hydrogen-bond donors (Lipinski definition) is 1. The normalized spacial score (nSPS) is 23.1. The summed E-state index contributed by atoms with van der Waals surface area (Å²) in [7, 11) is 0. The third kappa shape index (κ3) is 4.49. The molecule has 0 aromatic heterocycles. The minimum Gasteiger partial charge on any atom is -0.368 e. The number of rotatable bonds is 4. The second kappa shape index (κ2) is 8.23. The van der Waals surface area contributed by atoms with E-state index in [1.165, 1.54) is 38.2 Å². The van der Waals surface area contributed by atoms with E-state index in [2.05, 4.69) is 27.2 Å². The number of nitrogens with zero attached hydrogens (tertiary/aromatic N) is 2. The van der Waals surface area contributed by atoms with Crippen molar-refractivity contribution in [1.29, 1.82) is 0 Å². The lowest BCUT2D eigenvalue weighted by Crippen LogP contribution is -2.47. The summed E-state index contributed by atoms with van der Waals surface area (Å²) in [5, 5.41) is 4.33. The molecule has 2 saturated heterocycles. The monoisotopic (exact) mass is 329 g/mol. The van der Waals surface area contributed by atoms with E-state index >= 15 is 0 Å². The molecule has 1 atom stereocenters. The van der Waals surface area contributed by atoms with Crippen LogP contribution >= 0.6 is 24.0 Å². The quantitative estimate of drug-likeness (QED) is 0.916. The second-order valence-corrected chi connectivity index (χ2v) is 6.33. The van der Waals surface area contributed by atoms with E-state index in [1.54, 1.807) is 0 Å². The van der Waals surface area contributed by atoms with Crippen molar-refractivity contribution in [3.63, 3.8) is 0 Å². The Labute approximate surface area is 139 Å². The van der Waals surface area contributed by atoms with Gasteiger partial charge in [-0.2, -0.15) is 0 Å². The van der Waals surface area contributed by atoms with Gasteiger partial charge in [-0.1, -0.05) is 23.7 Å². The Balaban J connectivity index is 0.00000161. The van der Waals surface area contributed by atoms with Gasteiger partial charge < -0.3 is 10.2 Å². The van der Waals surface area contributed by atoms with Gasteiger partial charge in [0.25, 0.3) is 0 Å². The van der Waals surface area contributed by atoms with Crippen molar-refractivity contribution in [3.8, 4) is 0 Å². The number of anilines is 1. The van der Waals surface area contributed by atoms with Gasteiger partial charge >= 0.3 is 0 Å². The van der Waals surface area contributed by atoms with Crippen LogP contribution in [0.1, 0.15) is 12.8 Å². The van der Waals surface area contributed by atoms with E-state index < -0.39 is 0 Å². The highest BCUT2D eigenvalue weighted by atomic mass is 35.5. The molecule has 1 N–H and O–H groups in total. The molecular formula is C16H25Cl2N3. The summed E-state index contributed by atoms with van der Waals surface area (Å²) in [4.78, 5) is 5.02. The Kier molecular flexibility index (Phi) is 6.62. The topological polar surface area (TPSA) is 18.5 Å². The summed E-state index contributed by atoms with van der Waals surface area (Å²) in [6.07, 6.45) is 2.71. The van der Waals surface area contributed by atoms with Crippen molar-refractivity contribution < 1.29 is 0 Å². The lowest BCUT2D eigenvalue weighted by Gasteiger charge is -2.36. The zero-order valence-corrected chi connectivity index (χ0v) is 14.0. The first-order valence-corrected chi connectivity index (χ1v) is 8.13. The predicted octanol–water partition coefficient (Wildman–Crippen LogP) is 2.88. The highest BCUT2D eigenvalue weighted by molar-refractivity contribution is 6.33. The van der Waals surface area contributed by atoms with Crippen LogP contribution in [0.3, 0.4) is 0 Å². The van der Waals surface area contributed by atoms with Crippen LogP contribution in [0.15, 0.2) is 24.3 Å². The Morgan fingerprint density at radius 2 is 1.90 bits per heavy atom. The number of benzene rings is 1. The van der Waals surface area contributed by atoms with E-state index in [0.717, 1.165) is 37.1 Å². The van der Waals surface area contributed by atoms with Crippen LogP contribution in [0.2, 0.25) is 5.02 Å². The van der Waals surface area contributed by atoms with Gasteiger partial charge in [-0.3, -0.25) is 4.90 Å². The lowest BCUT2D eigenvalue weighted by atomic mass is 10.0. The third-order valence-corrected chi connectivity index (χ3v) is 4.90. The summed E-state index contributed by atoms with van der Waals surface area (Å²) in [5.41, 5.74) is 1.19. The van der Waals surface area contributed by atoms with Crippen molar-refractivity contribution in [2.45, 2.75) is 12.8 Å². The summed E-state index contributed by atoms with van der Waals surface area (Å²) >= 11 is 6.28. The lowest BCUT2D eigenvalue weighted by molar-refractivity contribution is 0.241. The number of nitrogens with one attached hydrogen (secondary N) is 1. The van der Waals surface area contributed by atoms with Crippen molar-refractivity contribution in [2.24, 2.45) is 5.92 Å². The van der Waals surface area contributed by atoms with Crippen molar-refractivity contribution in [1.82, 2.24) is 10.2 Å². The van der Waals surface area contributed by atoms with E-state index in [4.69, 9.17) is 11.6 Å². The maximum atomic E-state index is 6.28. The van der Waals surface area contributed by atoms with Crippen LogP contribution < -0.4 is 10.2 Å². The zero-order chi connectivity index (χ0) is 13.8. The molecule has 1 aromatic carbocycles. The molecule has 118 valence electrons. The Hall–Kier alpha value is -0.480.